The predicted molar refractivity (Wildman–Crippen MR) is 128 cm³/mol. The minimum atomic E-state index is -0.387. The first-order valence-corrected chi connectivity index (χ1v) is 10.9. The van der Waals surface area contributed by atoms with E-state index in [-0.39, 0.29) is 24.2 Å². The number of anilines is 2. The molecule has 1 aromatic heterocycles. The molecular weight excluding hydrogens is 443 g/mol. The van der Waals surface area contributed by atoms with E-state index in [4.69, 9.17) is 9.47 Å². The zero-order valence-electron chi connectivity index (χ0n) is 18.0. The Balaban J connectivity index is 1.48. The highest BCUT2D eigenvalue weighted by Gasteiger charge is 2.21. The van der Waals surface area contributed by atoms with Crippen molar-refractivity contribution in [1.82, 2.24) is 0 Å². The number of nitrogens with one attached hydrogen (secondary N) is 2. The Morgan fingerprint density at radius 2 is 1.52 bits per heavy atom. The molecule has 8 heteroatoms. The van der Waals surface area contributed by atoms with Crippen LogP contribution in [0.3, 0.4) is 0 Å². The summed E-state index contributed by atoms with van der Waals surface area (Å²) in [7, 11) is 3.08. The summed E-state index contributed by atoms with van der Waals surface area (Å²) in [6.45, 7) is 0.119. The van der Waals surface area contributed by atoms with Gasteiger partial charge >= 0.3 is 0 Å². The van der Waals surface area contributed by atoms with Gasteiger partial charge in [-0.25, -0.2) is 4.39 Å². The molecule has 0 saturated carbocycles. The van der Waals surface area contributed by atoms with Crippen LogP contribution in [0.4, 0.5) is 15.8 Å². The molecule has 0 aliphatic carbocycles. The van der Waals surface area contributed by atoms with Crippen LogP contribution in [0, 0.1) is 5.82 Å². The second kappa shape index (κ2) is 9.81. The standard InChI is InChI=1S/C25H21FN2O4S/c1-31-14-19-22-20(26)4-3-5-21(22)33-23(19)25(30)28-16-8-6-15(7-9-16)24(29)27-17-10-12-18(32-2)13-11-17/h3-13H,14H2,1-2H3,(H,27,29)(H,28,30). The van der Waals surface area contributed by atoms with E-state index in [2.05, 4.69) is 10.6 Å². The largest absolute Gasteiger partial charge is 0.497 e. The van der Waals surface area contributed by atoms with Crippen LogP contribution in [0.15, 0.2) is 66.7 Å². The van der Waals surface area contributed by atoms with Gasteiger partial charge in [0, 0.05) is 39.7 Å². The summed E-state index contributed by atoms with van der Waals surface area (Å²) >= 11 is 1.21. The lowest BCUT2D eigenvalue weighted by molar-refractivity contribution is 0.101. The normalized spacial score (nSPS) is 10.8. The first kappa shape index (κ1) is 22.4. The van der Waals surface area contributed by atoms with Crippen LogP contribution in [0.5, 0.6) is 5.75 Å². The molecule has 0 unspecified atom stereocenters. The van der Waals surface area contributed by atoms with Crippen molar-refractivity contribution in [2.45, 2.75) is 6.61 Å². The smallest absolute Gasteiger partial charge is 0.266 e. The Hall–Kier alpha value is -3.75. The topological polar surface area (TPSA) is 76.7 Å². The first-order chi connectivity index (χ1) is 16.0. The number of fused-ring (bicyclic) bond motifs is 1. The second-order valence-corrected chi connectivity index (χ2v) is 8.22. The third-order valence-electron chi connectivity index (χ3n) is 5.01. The van der Waals surface area contributed by atoms with Crippen molar-refractivity contribution < 1.29 is 23.5 Å². The number of hydrogen-bond acceptors (Lipinski definition) is 5. The Labute approximate surface area is 194 Å². The monoisotopic (exact) mass is 464 g/mol. The molecule has 2 amide bonds. The Morgan fingerprint density at radius 1 is 0.879 bits per heavy atom. The summed E-state index contributed by atoms with van der Waals surface area (Å²) < 4.78 is 25.4. The quantitative estimate of drug-likeness (QED) is 0.368. The fourth-order valence-corrected chi connectivity index (χ4v) is 4.52. The fraction of sp³-hybridized carbons (Fsp3) is 0.120. The molecule has 1 heterocycles. The number of halogens is 1. The Kier molecular flexibility index (Phi) is 6.67. The molecule has 0 aliphatic rings. The van der Waals surface area contributed by atoms with Gasteiger partial charge in [0.05, 0.1) is 18.6 Å². The van der Waals surface area contributed by atoms with Crippen LogP contribution in [0.2, 0.25) is 0 Å². The number of rotatable bonds is 7. The van der Waals surface area contributed by atoms with Gasteiger partial charge in [-0.3, -0.25) is 9.59 Å². The minimum Gasteiger partial charge on any atom is -0.497 e. The van der Waals surface area contributed by atoms with Gasteiger partial charge in [-0.1, -0.05) is 6.07 Å². The van der Waals surface area contributed by atoms with Gasteiger partial charge in [0.25, 0.3) is 11.8 Å². The lowest BCUT2D eigenvalue weighted by Crippen LogP contribution is -2.14. The van der Waals surface area contributed by atoms with Crippen LogP contribution in [-0.2, 0) is 11.3 Å². The summed E-state index contributed by atoms with van der Waals surface area (Å²) in [6.07, 6.45) is 0. The van der Waals surface area contributed by atoms with Crippen molar-refractivity contribution in [2.24, 2.45) is 0 Å². The molecule has 0 saturated heterocycles. The summed E-state index contributed by atoms with van der Waals surface area (Å²) in [4.78, 5) is 25.8. The van der Waals surface area contributed by atoms with E-state index in [0.717, 1.165) is 0 Å². The molecule has 168 valence electrons. The van der Waals surface area contributed by atoms with Crippen molar-refractivity contribution in [1.29, 1.82) is 0 Å². The van der Waals surface area contributed by atoms with Crippen LogP contribution in [0.1, 0.15) is 25.6 Å². The van der Waals surface area contributed by atoms with E-state index in [1.54, 1.807) is 67.8 Å². The zero-order chi connectivity index (χ0) is 23.4. The third-order valence-corrected chi connectivity index (χ3v) is 6.21. The molecule has 0 aliphatic heterocycles. The first-order valence-electron chi connectivity index (χ1n) is 10.1. The molecule has 6 nitrogen and oxygen atoms in total. The van der Waals surface area contributed by atoms with Gasteiger partial charge in [0.15, 0.2) is 0 Å². The van der Waals surface area contributed by atoms with Crippen molar-refractivity contribution in [3.8, 4) is 5.75 Å². The van der Waals surface area contributed by atoms with Crippen LogP contribution in [0.25, 0.3) is 10.1 Å². The molecule has 3 aromatic carbocycles. The van der Waals surface area contributed by atoms with Gasteiger partial charge in [-0.05, 0) is 60.7 Å². The number of hydrogen-bond donors (Lipinski definition) is 2. The summed E-state index contributed by atoms with van der Waals surface area (Å²) in [5.74, 6) is -0.330. The maximum absolute atomic E-state index is 14.4. The molecule has 0 bridgehead atoms. The Morgan fingerprint density at radius 3 is 2.15 bits per heavy atom. The average molecular weight is 465 g/mol. The lowest BCUT2D eigenvalue weighted by Gasteiger charge is -2.09. The van der Waals surface area contributed by atoms with Gasteiger partial charge < -0.3 is 20.1 Å². The van der Waals surface area contributed by atoms with Crippen molar-refractivity contribution in [3.05, 3.63) is 88.6 Å². The molecule has 0 fully saturated rings. The maximum Gasteiger partial charge on any atom is 0.266 e. The summed E-state index contributed by atoms with van der Waals surface area (Å²) in [5, 5.41) is 6.02. The number of carbonyl (C=O) groups is 2. The number of amides is 2. The van der Waals surface area contributed by atoms with E-state index in [1.807, 2.05) is 0 Å². The van der Waals surface area contributed by atoms with Crippen molar-refractivity contribution in [2.75, 3.05) is 24.9 Å². The zero-order valence-corrected chi connectivity index (χ0v) is 18.8. The number of methoxy groups -OCH3 is 2. The van der Waals surface area contributed by atoms with E-state index >= 15 is 0 Å². The molecule has 0 radical (unpaired) electrons. The molecule has 0 atom stereocenters. The molecule has 2 N–H and O–H groups in total. The number of benzene rings is 3. The van der Waals surface area contributed by atoms with E-state index in [0.29, 0.717) is 43.2 Å². The van der Waals surface area contributed by atoms with Gasteiger partial charge in [-0.15, -0.1) is 11.3 Å². The van der Waals surface area contributed by atoms with E-state index < -0.39 is 0 Å². The molecule has 33 heavy (non-hydrogen) atoms. The molecular formula is C25H21FN2O4S. The number of carbonyl (C=O) groups excluding carboxylic acids is 2. The molecule has 0 spiro atoms. The van der Waals surface area contributed by atoms with Crippen molar-refractivity contribution >= 4 is 44.6 Å². The lowest BCUT2D eigenvalue weighted by atomic mass is 10.1. The van der Waals surface area contributed by atoms with Crippen molar-refractivity contribution in [3.63, 3.8) is 0 Å². The summed E-state index contributed by atoms with van der Waals surface area (Å²) in [6, 6.07) is 18.3. The number of thiophene rings is 1. The van der Waals surface area contributed by atoms with E-state index in [1.165, 1.54) is 24.5 Å². The SMILES string of the molecule is COCc1c(C(=O)Nc2ccc(C(=O)Nc3ccc(OC)cc3)cc2)sc2cccc(F)c12. The van der Waals surface area contributed by atoms with Gasteiger partial charge in [-0.2, -0.15) is 0 Å². The molecule has 4 rings (SSSR count). The number of ether oxygens (including phenoxy) is 2. The van der Waals surface area contributed by atoms with Crippen LogP contribution < -0.4 is 15.4 Å². The fourth-order valence-electron chi connectivity index (χ4n) is 3.40. The second-order valence-electron chi connectivity index (χ2n) is 7.17. The third kappa shape index (κ3) is 4.87. The van der Waals surface area contributed by atoms with Crippen LogP contribution >= 0.6 is 11.3 Å². The maximum atomic E-state index is 14.4. The van der Waals surface area contributed by atoms with E-state index in [9.17, 15) is 14.0 Å². The highest BCUT2D eigenvalue weighted by Crippen LogP contribution is 2.34. The van der Waals surface area contributed by atoms with Gasteiger partial charge in [0.2, 0.25) is 0 Å². The molecule has 4 aromatic rings. The average Bonchev–Trinajstić information content (AvgIpc) is 3.20. The highest BCUT2D eigenvalue weighted by molar-refractivity contribution is 7.21. The minimum absolute atomic E-state index is 0.119. The van der Waals surface area contributed by atoms with Gasteiger partial charge in [0.1, 0.15) is 11.6 Å². The Bertz CT molecular complexity index is 1300. The summed E-state index contributed by atoms with van der Waals surface area (Å²) in [5.41, 5.74) is 2.11. The highest BCUT2D eigenvalue weighted by atomic mass is 32.1. The predicted octanol–water partition coefficient (Wildman–Crippen LogP) is 5.70. The van der Waals surface area contributed by atoms with Crippen LogP contribution in [-0.4, -0.2) is 26.0 Å².